The zero-order valence-corrected chi connectivity index (χ0v) is 12.3. The van der Waals surface area contributed by atoms with Crippen LogP contribution in [-0.4, -0.2) is 18.6 Å². The van der Waals surface area contributed by atoms with Crippen LogP contribution >= 0.6 is 0 Å². The monoisotopic (exact) mass is 281 g/mol. The van der Waals surface area contributed by atoms with Gasteiger partial charge < -0.3 is 10.1 Å². The Bertz CT molecular complexity index is 392. The van der Waals surface area contributed by atoms with Gasteiger partial charge in [0.05, 0.1) is 6.61 Å². The van der Waals surface area contributed by atoms with Crippen LogP contribution in [0.25, 0.3) is 0 Å². The van der Waals surface area contributed by atoms with E-state index >= 15 is 0 Å². The highest BCUT2D eigenvalue weighted by Gasteiger charge is 2.19. The number of ether oxygens (including phenoxy) is 1. The molecule has 1 aromatic carbocycles. The summed E-state index contributed by atoms with van der Waals surface area (Å²) in [4.78, 5) is 11.9. The molecular formula is C16H24FNO2. The Morgan fingerprint density at radius 1 is 1.20 bits per heavy atom. The number of esters is 1. The van der Waals surface area contributed by atoms with Crippen LogP contribution in [0.5, 0.6) is 0 Å². The molecule has 0 spiro atoms. The molecule has 0 aliphatic carbocycles. The predicted octanol–water partition coefficient (Wildman–Crippen LogP) is 4.14. The molecular weight excluding hydrogens is 257 g/mol. The zero-order valence-electron chi connectivity index (χ0n) is 12.3. The van der Waals surface area contributed by atoms with Crippen molar-refractivity contribution in [2.45, 2.75) is 52.0 Å². The second kappa shape index (κ2) is 9.34. The molecule has 0 radical (unpaired) electrons. The topological polar surface area (TPSA) is 38.3 Å². The van der Waals surface area contributed by atoms with Crippen molar-refractivity contribution in [3.63, 3.8) is 0 Å². The van der Waals surface area contributed by atoms with Crippen molar-refractivity contribution < 1.29 is 13.9 Å². The van der Waals surface area contributed by atoms with Gasteiger partial charge in [-0.15, -0.1) is 0 Å². The van der Waals surface area contributed by atoms with E-state index in [4.69, 9.17) is 4.74 Å². The molecule has 0 aliphatic rings. The van der Waals surface area contributed by atoms with E-state index in [2.05, 4.69) is 12.2 Å². The molecule has 4 heteroatoms. The first-order valence-electron chi connectivity index (χ1n) is 7.36. The van der Waals surface area contributed by atoms with Gasteiger partial charge in [-0.05, 0) is 37.6 Å². The van der Waals surface area contributed by atoms with Gasteiger partial charge in [-0.3, -0.25) is 0 Å². The predicted molar refractivity (Wildman–Crippen MR) is 79.2 cm³/mol. The molecule has 0 amide bonds. The normalized spacial score (nSPS) is 11.9. The fourth-order valence-electron chi connectivity index (χ4n) is 2.01. The summed E-state index contributed by atoms with van der Waals surface area (Å²) in [6.07, 6.45) is 5.15. The van der Waals surface area contributed by atoms with Gasteiger partial charge in [0.1, 0.15) is 11.9 Å². The van der Waals surface area contributed by atoms with Gasteiger partial charge in [-0.25, -0.2) is 9.18 Å². The molecule has 0 aliphatic heterocycles. The van der Waals surface area contributed by atoms with E-state index in [0.29, 0.717) is 6.61 Å². The third kappa shape index (κ3) is 6.04. The van der Waals surface area contributed by atoms with E-state index < -0.39 is 0 Å². The number of benzene rings is 1. The average Bonchev–Trinajstić information content (AvgIpc) is 2.44. The van der Waals surface area contributed by atoms with Gasteiger partial charge in [0.15, 0.2) is 0 Å². The number of carbonyl (C=O) groups is 1. The lowest BCUT2D eigenvalue weighted by Gasteiger charge is -2.18. The quantitative estimate of drug-likeness (QED) is 0.546. The summed E-state index contributed by atoms with van der Waals surface area (Å²) >= 11 is 0. The Balaban J connectivity index is 2.56. The highest BCUT2D eigenvalue weighted by molar-refractivity contribution is 5.79. The summed E-state index contributed by atoms with van der Waals surface area (Å²) in [5.74, 6) is -0.528. The number of rotatable bonds is 9. The van der Waals surface area contributed by atoms with Crippen molar-refractivity contribution in [3.8, 4) is 0 Å². The molecule has 1 N–H and O–H groups in total. The molecule has 1 rings (SSSR count). The van der Waals surface area contributed by atoms with Crippen molar-refractivity contribution in [2.24, 2.45) is 0 Å². The number of nitrogens with one attached hydrogen (secondary N) is 1. The maximum absolute atomic E-state index is 12.9. The molecule has 3 nitrogen and oxygen atoms in total. The molecule has 0 saturated heterocycles. The Kier molecular flexibility index (Phi) is 7.70. The summed E-state index contributed by atoms with van der Waals surface area (Å²) < 4.78 is 18.0. The second-order valence-corrected chi connectivity index (χ2v) is 4.81. The zero-order chi connectivity index (χ0) is 14.8. The van der Waals surface area contributed by atoms with Crippen molar-refractivity contribution >= 4 is 11.7 Å². The fraction of sp³-hybridized carbons (Fsp3) is 0.562. The fourth-order valence-corrected chi connectivity index (χ4v) is 2.01. The maximum atomic E-state index is 12.9. The third-order valence-corrected chi connectivity index (χ3v) is 3.10. The molecule has 1 aromatic rings. The Labute approximate surface area is 120 Å². The first-order valence-corrected chi connectivity index (χ1v) is 7.36. The minimum atomic E-state index is -0.364. The van der Waals surface area contributed by atoms with E-state index in [0.717, 1.165) is 31.4 Å². The standard InChI is InChI=1S/C16H24FNO2/c1-3-5-6-7-8-15(16(19)20-4-2)18-14-11-9-13(17)10-12-14/h9-12,15,18H,3-8H2,1-2H3. The Morgan fingerprint density at radius 2 is 1.90 bits per heavy atom. The van der Waals surface area contributed by atoms with E-state index in [1.165, 1.54) is 18.6 Å². The number of unbranched alkanes of at least 4 members (excludes halogenated alkanes) is 3. The highest BCUT2D eigenvalue weighted by Crippen LogP contribution is 2.14. The Morgan fingerprint density at radius 3 is 2.50 bits per heavy atom. The summed E-state index contributed by atoms with van der Waals surface area (Å²) in [5.41, 5.74) is 0.736. The summed E-state index contributed by atoms with van der Waals surface area (Å²) in [6, 6.07) is 5.65. The van der Waals surface area contributed by atoms with Crippen LogP contribution in [0.1, 0.15) is 46.0 Å². The van der Waals surface area contributed by atoms with Gasteiger partial charge in [0.25, 0.3) is 0 Å². The Hall–Kier alpha value is -1.58. The van der Waals surface area contributed by atoms with Crippen LogP contribution in [0.15, 0.2) is 24.3 Å². The first kappa shape index (κ1) is 16.5. The van der Waals surface area contributed by atoms with Crippen LogP contribution in [0.4, 0.5) is 10.1 Å². The van der Waals surface area contributed by atoms with Gasteiger partial charge in [0, 0.05) is 5.69 Å². The highest BCUT2D eigenvalue weighted by atomic mass is 19.1. The van der Waals surface area contributed by atoms with Crippen molar-refractivity contribution in [1.29, 1.82) is 0 Å². The van der Waals surface area contributed by atoms with Gasteiger partial charge in [0.2, 0.25) is 0 Å². The lowest BCUT2D eigenvalue weighted by atomic mass is 10.1. The maximum Gasteiger partial charge on any atom is 0.328 e. The largest absolute Gasteiger partial charge is 0.464 e. The van der Waals surface area contributed by atoms with E-state index in [1.54, 1.807) is 19.1 Å². The van der Waals surface area contributed by atoms with Crippen LogP contribution in [-0.2, 0) is 9.53 Å². The molecule has 0 aromatic heterocycles. The van der Waals surface area contributed by atoms with Crippen molar-refractivity contribution in [1.82, 2.24) is 0 Å². The number of hydrogen-bond donors (Lipinski definition) is 1. The number of hydrogen-bond acceptors (Lipinski definition) is 3. The smallest absolute Gasteiger partial charge is 0.328 e. The molecule has 20 heavy (non-hydrogen) atoms. The van der Waals surface area contributed by atoms with Gasteiger partial charge >= 0.3 is 5.97 Å². The van der Waals surface area contributed by atoms with E-state index in [1.807, 2.05) is 0 Å². The lowest BCUT2D eigenvalue weighted by molar-refractivity contribution is -0.144. The SMILES string of the molecule is CCCCCCC(Nc1ccc(F)cc1)C(=O)OCC. The van der Waals surface area contributed by atoms with Crippen LogP contribution < -0.4 is 5.32 Å². The number of carbonyl (C=O) groups excluding carboxylic acids is 1. The average molecular weight is 281 g/mol. The molecule has 0 bridgehead atoms. The first-order chi connectivity index (χ1) is 9.67. The summed E-state index contributed by atoms with van der Waals surface area (Å²) in [5, 5.41) is 3.13. The molecule has 112 valence electrons. The molecule has 0 fully saturated rings. The van der Waals surface area contributed by atoms with Crippen molar-refractivity contribution in [3.05, 3.63) is 30.1 Å². The van der Waals surface area contributed by atoms with Gasteiger partial charge in [-0.1, -0.05) is 32.6 Å². The van der Waals surface area contributed by atoms with Crippen LogP contribution in [0.2, 0.25) is 0 Å². The molecule has 0 heterocycles. The summed E-state index contributed by atoms with van der Waals surface area (Å²) in [6.45, 7) is 4.32. The molecule has 1 unspecified atom stereocenters. The minimum Gasteiger partial charge on any atom is -0.464 e. The minimum absolute atomic E-state index is 0.242. The third-order valence-electron chi connectivity index (χ3n) is 3.10. The lowest BCUT2D eigenvalue weighted by Crippen LogP contribution is -2.31. The molecule has 0 saturated carbocycles. The molecule has 1 atom stereocenters. The van der Waals surface area contributed by atoms with Crippen LogP contribution in [0.3, 0.4) is 0 Å². The second-order valence-electron chi connectivity index (χ2n) is 4.81. The number of halogens is 1. The van der Waals surface area contributed by atoms with Crippen LogP contribution in [0, 0.1) is 5.82 Å². The number of anilines is 1. The van der Waals surface area contributed by atoms with E-state index in [9.17, 15) is 9.18 Å². The van der Waals surface area contributed by atoms with Gasteiger partial charge in [-0.2, -0.15) is 0 Å². The van der Waals surface area contributed by atoms with E-state index in [-0.39, 0.29) is 17.8 Å². The summed E-state index contributed by atoms with van der Waals surface area (Å²) in [7, 11) is 0. The van der Waals surface area contributed by atoms with Crippen molar-refractivity contribution in [2.75, 3.05) is 11.9 Å².